The van der Waals surface area contributed by atoms with Crippen LogP contribution in [-0.4, -0.2) is 12.3 Å². The van der Waals surface area contributed by atoms with E-state index in [9.17, 15) is 13.2 Å². The summed E-state index contributed by atoms with van der Waals surface area (Å²) in [5.74, 6) is 0.558. The van der Waals surface area contributed by atoms with Crippen LogP contribution >= 0.6 is 0 Å². The van der Waals surface area contributed by atoms with Gasteiger partial charge in [-0.15, -0.1) is 0 Å². The van der Waals surface area contributed by atoms with E-state index in [1.165, 1.54) is 0 Å². The van der Waals surface area contributed by atoms with Crippen molar-refractivity contribution in [3.63, 3.8) is 0 Å². The molecule has 0 bridgehead atoms. The number of halogens is 3. The first-order chi connectivity index (χ1) is 14.5. The summed E-state index contributed by atoms with van der Waals surface area (Å²) in [5.41, 5.74) is 3.53. The molecule has 0 spiro atoms. The van der Waals surface area contributed by atoms with Crippen molar-refractivity contribution in [3.8, 4) is 0 Å². The van der Waals surface area contributed by atoms with Crippen LogP contribution in [0.15, 0.2) is 66.3 Å². The molecular formula is C27H29F3. The van der Waals surface area contributed by atoms with Crippen LogP contribution in [0, 0.1) is 24.6 Å². The lowest BCUT2D eigenvalue weighted by atomic mass is 9.73. The van der Waals surface area contributed by atoms with Crippen LogP contribution in [0.2, 0.25) is 0 Å². The van der Waals surface area contributed by atoms with E-state index in [1.54, 1.807) is 19.1 Å². The monoisotopic (exact) mass is 410 g/mol. The Hall–Kier alpha value is -2.29. The maximum absolute atomic E-state index is 15.0. The van der Waals surface area contributed by atoms with E-state index >= 15 is 0 Å². The lowest BCUT2D eigenvalue weighted by Gasteiger charge is -2.34. The summed E-state index contributed by atoms with van der Waals surface area (Å²) in [6.07, 6.45) is 6.19. The van der Waals surface area contributed by atoms with Gasteiger partial charge in [0, 0.05) is 0 Å². The first kappa shape index (κ1) is 21.0. The number of hydrogen-bond donors (Lipinski definition) is 0. The SMILES string of the molecule is Cc1ccc(CCC2CCC(C3=CC=C(c4ccccc4)C(F)C3F)CC2)cc1F. The molecule has 2 aliphatic rings. The second kappa shape index (κ2) is 9.24. The molecule has 0 N–H and O–H groups in total. The fourth-order valence-electron chi connectivity index (χ4n) is 4.89. The zero-order chi connectivity index (χ0) is 21.1. The minimum atomic E-state index is -1.60. The molecule has 0 heterocycles. The van der Waals surface area contributed by atoms with E-state index in [2.05, 4.69) is 0 Å². The Balaban J connectivity index is 1.35. The van der Waals surface area contributed by atoms with E-state index in [-0.39, 0.29) is 11.7 Å². The van der Waals surface area contributed by atoms with Crippen LogP contribution in [0.3, 0.4) is 0 Å². The van der Waals surface area contributed by atoms with Gasteiger partial charge in [0.05, 0.1) is 0 Å². The average molecular weight is 411 g/mol. The van der Waals surface area contributed by atoms with E-state index in [0.29, 0.717) is 22.6 Å². The van der Waals surface area contributed by atoms with Crippen molar-refractivity contribution < 1.29 is 13.2 Å². The third-order valence-corrected chi connectivity index (χ3v) is 6.83. The van der Waals surface area contributed by atoms with Crippen molar-refractivity contribution in [2.75, 3.05) is 0 Å². The Morgan fingerprint density at radius 1 is 0.867 bits per heavy atom. The second-order valence-corrected chi connectivity index (χ2v) is 8.80. The molecule has 2 aliphatic carbocycles. The Morgan fingerprint density at radius 3 is 2.30 bits per heavy atom. The molecule has 0 radical (unpaired) electrons. The quantitative estimate of drug-likeness (QED) is 0.477. The second-order valence-electron chi connectivity index (χ2n) is 8.80. The van der Waals surface area contributed by atoms with Gasteiger partial charge < -0.3 is 0 Å². The molecule has 0 aromatic heterocycles. The van der Waals surface area contributed by atoms with Crippen molar-refractivity contribution in [2.24, 2.45) is 11.8 Å². The molecule has 1 fully saturated rings. The summed E-state index contributed by atoms with van der Waals surface area (Å²) < 4.78 is 43.6. The van der Waals surface area contributed by atoms with Crippen LogP contribution in [0.1, 0.15) is 48.8 Å². The number of aryl methyl sites for hydroxylation is 2. The van der Waals surface area contributed by atoms with Crippen LogP contribution in [0.5, 0.6) is 0 Å². The van der Waals surface area contributed by atoms with Gasteiger partial charge >= 0.3 is 0 Å². The normalized spacial score (nSPS) is 26.8. The summed E-state index contributed by atoms with van der Waals surface area (Å²) >= 11 is 0. The predicted octanol–water partition coefficient (Wildman–Crippen LogP) is 7.57. The first-order valence-electron chi connectivity index (χ1n) is 11.0. The molecule has 2 aromatic rings. The van der Waals surface area contributed by atoms with Gasteiger partial charge in [-0.3, -0.25) is 0 Å². The Labute approximate surface area is 177 Å². The lowest BCUT2D eigenvalue weighted by Crippen LogP contribution is -2.29. The van der Waals surface area contributed by atoms with Crippen molar-refractivity contribution >= 4 is 5.57 Å². The Morgan fingerprint density at radius 2 is 1.60 bits per heavy atom. The fourth-order valence-corrected chi connectivity index (χ4v) is 4.89. The summed E-state index contributed by atoms with van der Waals surface area (Å²) in [6, 6.07) is 14.7. The molecule has 158 valence electrons. The highest BCUT2D eigenvalue weighted by Gasteiger charge is 2.36. The van der Waals surface area contributed by atoms with Crippen LogP contribution in [-0.2, 0) is 6.42 Å². The largest absolute Gasteiger partial charge is 0.239 e. The summed E-state index contributed by atoms with van der Waals surface area (Å²) in [7, 11) is 0. The minimum Gasteiger partial charge on any atom is -0.239 e. The molecule has 2 aromatic carbocycles. The van der Waals surface area contributed by atoms with Crippen molar-refractivity contribution in [1.82, 2.24) is 0 Å². The van der Waals surface area contributed by atoms with Crippen LogP contribution in [0.4, 0.5) is 13.2 Å². The zero-order valence-corrected chi connectivity index (χ0v) is 17.5. The van der Waals surface area contributed by atoms with E-state index < -0.39 is 12.3 Å². The highest BCUT2D eigenvalue weighted by Crippen LogP contribution is 2.41. The molecule has 30 heavy (non-hydrogen) atoms. The number of rotatable bonds is 5. The van der Waals surface area contributed by atoms with Crippen LogP contribution in [0.25, 0.3) is 5.57 Å². The Bertz CT molecular complexity index is 920. The predicted molar refractivity (Wildman–Crippen MR) is 117 cm³/mol. The molecule has 1 saturated carbocycles. The highest BCUT2D eigenvalue weighted by molar-refractivity contribution is 5.73. The van der Waals surface area contributed by atoms with Crippen molar-refractivity contribution in [1.29, 1.82) is 0 Å². The molecule has 2 unspecified atom stereocenters. The van der Waals surface area contributed by atoms with Crippen LogP contribution < -0.4 is 0 Å². The number of allylic oxidation sites excluding steroid dienone is 4. The third kappa shape index (κ3) is 4.55. The molecule has 0 amide bonds. The fraction of sp³-hybridized carbons (Fsp3) is 0.407. The maximum Gasteiger partial charge on any atom is 0.161 e. The molecule has 2 atom stereocenters. The van der Waals surface area contributed by atoms with Gasteiger partial charge in [0.15, 0.2) is 12.3 Å². The summed E-state index contributed by atoms with van der Waals surface area (Å²) in [4.78, 5) is 0. The number of benzene rings is 2. The zero-order valence-electron chi connectivity index (χ0n) is 17.5. The lowest BCUT2D eigenvalue weighted by molar-refractivity contribution is 0.205. The Kier molecular flexibility index (Phi) is 6.46. The van der Waals surface area contributed by atoms with Gasteiger partial charge in [0.1, 0.15) is 5.82 Å². The van der Waals surface area contributed by atoms with E-state index in [0.717, 1.165) is 49.7 Å². The van der Waals surface area contributed by atoms with Crippen molar-refractivity contribution in [3.05, 3.63) is 88.8 Å². The van der Waals surface area contributed by atoms with Crippen molar-refractivity contribution in [2.45, 2.75) is 57.8 Å². The highest BCUT2D eigenvalue weighted by atomic mass is 19.2. The number of hydrogen-bond acceptors (Lipinski definition) is 0. The van der Waals surface area contributed by atoms with Gasteiger partial charge in [-0.1, -0.05) is 54.6 Å². The van der Waals surface area contributed by atoms with Gasteiger partial charge in [-0.05, 0) is 91.2 Å². The minimum absolute atomic E-state index is 0.125. The average Bonchev–Trinajstić information content (AvgIpc) is 2.77. The molecule has 3 heteroatoms. The van der Waals surface area contributed by atoms with Gasteiger partial charge in [-0.2, -0.15) is 0 Å². The topological polar surface area (TPSA) is 0 Å². The van der Waals surface area contributed by atoms with E-state index in [4.69, 9.17) is 0 Å². The smallest absolute Gasteiger partial charge is 0.161 e. The standard InChI is InChI=1S/C27H29F3/c1-18-7-8-20(17-25(18)28)10-9-19-11-13-22(14-12-19)24-16-15-23(26(29)27(24)30)21-5-3-2-4-6-21/h2-8,15-17,19,22,26-27H,9-14H2,1H3. The first-order valence-corrected chi connectivity index (χ1v) is 11.0. The van der Waals surface area contributed by atoms with E-state index in [1.807, 2.05) is 48.5 Å². The summed E-state index contributed by atoms with van der Waals surface area (Å²) in [6.45, 7) is 1.78. The molecular weight excluding hydrogens is 381 g/mol. The van der Waals surface area contributed by atoms with Gasteiger partial charge in [0.25, 0.3) is 0 Å². The third-order valence-electron chi connectivity index (χ3n) is 6.83. The summed E-state index contributed by atoms with van der Waals surface area (Å²) in [5, 5.41) is 0. The van der Waals surface area contributed by atoms with Gasteiger partial charge in [-0.25, -0.2) is 13.2 Å². The van der Waals surface area contributed by atoms with Gasteiger partial charge in [0.2, 0.25) is 0 Å². The maximum atomic E-state index is 15.0. The number of alkyl halides is 2. The molecule has 0 aliphatic heterocycles. The molecule has 4 rings (SSSR count). The molecule has 0 saturated heterocycles. The molecule has 0 nitrogen and oxygen atoms in total.